The van der Waals surface area contributed by atoms with Gasteiger partial charge in [-0.15, -0.1) is 0 Å². The lowest BCUT2D eigenvalue weighted by molar-refractivity contribution is -0.140. The quantitative estimate of drug-likeness (QED) is 0.402. The number of hydrogen-bond acceptors (Lipinski definition) is 6. The second kappa shape index (κ2) is 9.43. The average molecular weight is 370 g/mol. The van der Waals surface area contributed by atoms with E-state index in [4.69, 9.17) is 18.9 Å². The fraction of sp³-hybridized carbons (Fsp3) is 0.238. The van der Waals surface area contributed by atoms with Gasteiger partial charge in [-0.3, -0.25) is 4.79 Å². The van der Waals surface area contributed by atoms with Crippen molar-refractivity contribution in [3.8, 4) is 17.2 Å². The molecule has 0 aliphatic rings. The summed E-state index contributed by atoms with van der Waals surface area (Å²) in [5, 5.41) is 0. The number of esters is 1. The molecule has 0 N–H and O–H groups in total. The standard InChI is InChI=1S/C21H22O6/c1-14(21(23)15-5-8-17(24-2)9-6-15)27-20(22)12-7-16-13-18(25-3)10-11-19(16)26-4/h5-14H,1-4H3/b12-7+/t14-/m1/s1. The van der Waals surface area contributed by atoms with E-state index in [1.54, 1.807) is 62.8 Å². The van der Waals surface area contributed by atoms with E-state index in [0.29, 0.717) is 28.4 Å². The van der Waals surface area contributed by atoms with E-state index < -0.39 is 12.1 Å². The first kappa shape index (κ1) is 20.0. The molecule has 6 heteroatoms. The van der Waals surface area contributed by atoms with Crippen LogP contribution in [0.15, 0.2) is 48.5 Å². The molecule has 0 saturated heterocycles. The van der Waals surface area contributed by atoms with Crippen LogP contribution in [0.2, 0.25) is 0 Å². The molecule has 0 heterocycles. The van der Waals surface area contributed by atoms with Crippen LogP contribution >= 0.6 is 0 Å². The largest absolute Gasteiger partial charge is 0.497 e. The van der Waals surface area contributed by atoms with Crippen molar-refractivity contribution in [1.29, 1.82) is 0 Å². The molecule has 0 radical (unpaired) electrons. The third-order valence-corrected chi connectivity index (χ3v) is 3.87. The van der Waals surface area contributed by atoms with Crippen molar-refractivity contribution < 1.29 is 28.5 Å². The maximum atomic E-state index is 12.4. The number of ketones is 1. The molecule has 2 rings (SSSR count). The highest BCUT2D eigenvalue weighted by atomic mass is 16.5. The van der Waals surface area contributed by atoms with Crippen LogP contribution in [0.5, 0.6) is 17.2 Å². The Morgan fingerprint density at radius 1 is 0.889 bits per heavy atom. The lowest BCUT2D eigenvalue weighted by Crippen LogP contribution is -2.23. The summed E-state index contributed by atoms with van der Waals surface area (Å²) in [6, 6.07) is 11.8. The minimum absolute atomic E-state index is 0.293. The van der Waals surface area contributed by atoms with Crippen LogP contribution in [0, 0.1) is 0 Å². The molecule has 0 aromatic heterocycles. The number of Topliss-reactive ketones (excluding diaryl/α,β-unsaturated/α-hetero) is 1. The molecular weight excluding hydrogens is 348 g/mol. The van der Waals surface area contributed by atoms with Crippen LogP contribution < -0.4 is 14.2 Å². The molecule has 2 aromatic carbocycles. The summed E-state index contributed by atoms with van der Waals surface area (Å²) in [4.78, 5) is 24.4. The van der Waals surface area contributed by atoms with Crippen LogP contribution in [-0.4, -0.2) is 39.2 Å². The molecule has 0 amide bonds. The highest BCUT2D eigenvalue weighted by Gasteiger charge is 2.18. The number of benzene rings is 2. The van der Waals surface area contributed by atoms with Crippen LogP contribution in [0.3, 0.4) is 0 Å². The summed E-state index contributed by atoms with van der Waals surface area (Å²) < 4.78 is 20.7. The zero-order valence-electron chi connectivity index (χ0n) is 15.7. The molecule has 0 saturated carbocycles. The fourth-order valence-corrected chi connectivity index (χ4v) is 2.38. The SMILES string of the molecule is COc1ccc(C(=O)[C@@H](C)OC(=O)/C=C/c2cc(OC)ccc2OC)cc1. The molecule has 142 valence electrons. The predicted molar refractivity (Wildman–Crippen MR) is 101 cm³/mol. The smallest absolute Gasteiger partial charge is 0.331 e. The topological polar surface area (TPSA) is 71.1 Å². The summed E-state index contributed by atoms with van der Waals surface area (Å²) in [6.07, 6.45) is 1.88. The van der Waals surface area contributed by atoms with Crippen molar-refractivity contribution in [2.45, 2.75) is 13.0 Å². The second-order valence-corrected chi connectivity index (χ2v) is 5.61. The summed E-state index contributed by atoms with van der Waals surface area (Å²) >= 11 is 0. The van der Waals surface area contributed by atoms with Crippen molar-refractivity contribution in [1.82, 2.24) is 0 Å². The minimum Gasteiger partial charge on any atom is -0.497 e. The first-order valence-corrected chi connectivity index (χ1v) is 8.27. The molecule has 2 aromatic rings. The van der Waals surface area contributed by atoms with Crippen LogP contribution in [-0.2, 0) is 9.53 Å². The zero-order valence-corrected chi connectivity index (χ0v) is 15.7. The third-order valence-electron chi connectivity index (χ3n) is 3.87. The summed E-state index contributed by atoms with van der Waals surface area (Å²) in [6.45, 7) is 1.53. The van der Waals surface area contributed by atoms with E-state index in [0.717, 1.165) is 0 Å². The number of carbonyl (C=O) groups is 2. The van der Waals surface area contributed by atoms with Crippen molar-refractivity contribution in [3.05, 3.63) is 59.7 Å². The Hall–Kier alpha value is -3.28. The lowest BCUT2D eigenvalue weighted by Gasteiger charge is -2.11. The Balaban J connectivity index is 2.03. The van der Waals surface area contributed by atoms with Gasteiger partial charge in [0.1, 0.15) is 17.2 Å². The monoisotopic (exact) mass is 370 g/mol. The molecule has 6 nitrogen and oxygen atoms in total. The second-order valence-electron chi connectivity index (χ2n) is 5.61. The van der Waals surface area contributed by atoms with Crippen molar-refractivity contribution >= 4 is 17.8 Å². The molecule has 27 heavy (non-hydrogen) atoms. The number of ether oxygens (including phenoxy) is 4. The normalized spacial score (nSPS) is 11.7. The highest BCUT2D eigenvalue weighted by molar-refractivity contribution is 6.01. The van der Waals surface area contributed by atoms with Gasteiger partial charge in [-0.1, -0.05) is 0 Å². The van der Waals surface area contributed by atoms with Gasteiger partial charge in [0.05, 0.1) is 21.3 Å². The third kappa shape index (κ3) is 5.34. The number of hydrogen-bond donors (Lipinski definition) is 0. The molecule has 0 fully saturated rings. The Kier molecular flexibility index (Phi) is 7.00. The number of carbonyl (C=O) groups excluding carboxylic acids is 2. The van der Waals surface area contributed by atoms with Gasteiger partial charge in [-0.05, 0) is 55.5 Å². The van der Waals surface area contributed by atoms with E-state index in [-0.39, 0.29) is 5.78 Å². The molecule has 0 spiro atoms. The van der Waals surface area contributed by atoms with E-state index in [9.17, 15) is 9.59 Å². The number of rotatable bonds is 8. The van der Waals surface area contributed by atoms with E-state index in [1.807, 2.05) is 0 Å². The van der Waals surface area contributed by atoms with Crippen molar-refractivity contribution in [3.63, 3.8) is 0 Å². The average Bonchev–Trinajstić information content (AvgIpc) is 2.71. The molecule has 0 unspecified atom stereocenters. The molecule has 0 bridgehead atoms. The first-order valence-electron chi connectivity index (χ1n) is 8.27. The van der Waals surface area contributed by atoms with Gasteiger partial charge in [-0.2, -0.15) is 0 Å². The van der Waals surface area contributed by atoms with Gasteiger partial charge >= 0.3 is 5.97 Å². The van der Waals surface area contributed by atoms with E-state index >= 15 is 0 Å². The lowest BCUT2D eigenvalue weighted by atomic mass is 10.1. The maximum Gasteiger partial charge on any atom is 0.331 e. The first-order chi connectivity index (χ1) is 13.0. The van der Waals surface area contributed by atoms with Gasteiger partial charge in [0.15, 0.2) is 6.10 Å². The van der Waals surface area contributed by atoms with Crippen molar-refractivity contribution in [2.75, 3.05) is 21.3 Å². The molecule has 1 atom stereocenters. The molecular formula is C21H22O6. The number of methoxy groups -OCH3 is 3. The van der Waals surface area contributed by atoms with Crippen LogP contribution in [0.25, 0.3) is 6.08 Å². The van der Waals surface area contributed by atoms with Gasteiger partial charge < -0.3 is 18.9 Å². The Morgan fingerprint density at radius 3 is 2.11 bits per heavy atom. The summed E-state index contributed by atoms with van der Waals surface area (Å²) in [5.74, 6) is 0.938. The van der Waals surface area contributed by atoms with Crippen molar-refractivity contribution in [2.24, 2.45) is 0 Å². The van der Waals surface area contributed by atoms with Gasteiger partial charge in [0.2, 0.25) is 5.78 Å². The van der Waals surface area contributed by atoms with Crippen LogP contribution in [0.4, 0.5) is 0 Å². The predicted octanol–water partition coefficient (Wildman–Crippen LogP) is 3.54. The Labute approximate surface area is 158 Å². The van der Waals surface area contributed by atoms with Gasteiger partial charge in [0, 0.05) is 17.2 Å². The maximum absolute atomic E-state index is 12.4. The van der Waals surface area contributed by atoms with Gasteiger partial charge in [-0.25, -0.2) is 4.79 Å². The zero-order chi connectivity index (χ0) is 19.8. The van der Waals surface area contributed by atoms with Crippen LogP contribution in [0.1, 0.15) is 22.8 Å². The summed E-state index contributed by atoms with van der Waals surface area (Å²) in [7, 11) is 4.63. The molecule has 0 aliphatic carbocycles. The Morgan fingerprint density at radius 2 is 1.52 bits per heavy atom. The van der Waals surface area contributed by atoms with E-state index in [1.165, 1.54) is 20.1 Å². The molecule has 0 aliphatic heterocycles. The van der Waals surface area contributed by atoms with Gasteiger partial charge in [0.25, 0.3) is 0 Å². The Bertz CT molecular complexity index is 823. The fourth-order valence-electron chi connectivity index (χ4n) is 2.38. The van der Waals surface area contributed by atoms with E-state index in [2.05, 4.69) is 0 Å². The highest BCUT2D eigenvalue weighted by Crippen LogP contribution is 2.25. The minimum atomic E-state index is -0.914. The summed E-state index contributed by atoms with van der Waals surface area (Å²) in [5.41, 5.74) is 1.09.